The Morgan fingerprint density at radius 3 is 2.68 bits per heavy atom. The van der Waals surface area contributed by atoms with Crippen LogP contribution in [0.2, 0.25) is 0 Å². The van der Waals surface area contributed by atoms with Crippen LogP contribution >= 0.6 is 11.3 Å². The Kier molecular flexibility index (Phi) is 5.83. The van der Waals surface area contributed by atoms with Gasteiger partial charge in [0, 0.05) is 16.6 Å². The first-order chi connectivity index (χ1) is 16.5. The highest BCUT2D eigenvalue weighted by atomic mass is 32.1. The molecule has 2 aromatic heterocycles. The van der Waals surface area contributed by atoms with Gasteiger partial charge in [-0.25, -0.2) is 9.36 Å². The Bertz CT molecular complexity index is 1530. The van der Waals surface area contributed by atoms with Crippen molar-refractivity contribution in [1.82, 2.24) is 9.13 Å². The lowest BCUT2D eigenvalue weighted by molar-refractivity contribution is -0.116. The summed E-state index contributed by atoms with van der Waals surface area (Å²) in [6, 6.07) is 14.3. The zero-order chi connectivity index (χ0) is 23.8. The Morgan fingerprint density at radius 2 is 1.88 bits per heavy atom. The molecule has 8 heteroatoms. The number of fused-ring (bicyclic) bond motifs is 3. The first-order valence-corrected chi connectivity index (χ1v) is 12.1. The van der Waals surface area contributed by atoms with Gasteiger partial charge in [-0.15, -0.1) is 11.3 Å². The maximum Gasteiger partial charge on any atom is 0.337 e. The summed E-state index contributed by atoms with van der Waals surface area (Å²) in [5.74, 6) is 0.222. The number of ether oxygens (including phenoxy) is 1. The van der Waals surface area contributed by atoms with Gasteiger partial charge in [0.2, 0.25) is 5.91 Å². The summed E-state index contributed by atoms with van der Waals surface area (Å²) in [4.78, 5) is 42.1. The summed E-state index contributed by atoms with van der Waals surface area (Å²) in [5, 5.41) is 3.45. The highest BCUT2D eigenvalue weighted by Crippen LogP contribution is 2.34. The predicted molar refractivity (Wildman–Crippen MR) is 135 cm³/mol. The van der Waals surface area contributed by atoms with Crippen LogP contribution in [0.1, 0.15) is 28.8 Å². The molecule has 2 aromatic carbocycles. The number of aryl methyl sites for hydroxylation is 3. The lowest BCUT2D eigenvalue weighted by Crippen LogP contribution is -2.40. The van der Waals surface area contributed by atoms with E-state index in [1.807, 2.05) is 31.2 Å². The second kappa shape index (κ2) is 8.95. The highest BCUT2D eigenvalue weighted by Gasteiger charge is 2.25. The summed E-state index contributed by atoms with van der Waals surface area (Å²) >= 11 is 1.46. The second-order valence-corrected chi connectivity index (χ2v) is 9.55. The lowest BCUT2D eigenvalue weighted by Gasteiger charge is -2.14. The van der Waals surface area contributed by atoms with Gasteiger partial charge in [0.05, 0.1) is 18.2 Å². The molecule has 2 heterocycles. The summed E-state index contributed by atoms with van der Waals surface area (Å²) in [6.45, 7) is 1.73. The standard InChI is InChI=1S/C26H25N3O4S/c1-16-8-3-5-12-20(16)27-22(30)15-28-25-23(19-11-4-6-13-21(19)34-25)24(31)29(26(28)32)17-9-7-10-18(14-17)33-2/h3,5,7-10,12,14H,4,6,11,13,15H2,1-2H3,(H,27,30). The first-order valence-electron chi connectivity index (χ1n) is 11.3. The number of hydrogen-bond donors (Lipinski definition) is 1. The number of rotatable bonds is 5. The minimum Gasteiger partial charge on any atom is -0.497 e. The molecule has 34 heavy (non-hydrogen) atoms. The highest BCUT2D eigenvalue weighted by molar-refractivity contribution is 7.18. The van der Waals surface area contributed by atoms with Gasteiger partial charge in [0.1, 0.15) is 17.1 Å². The van der Waals surface area contributed by atoms with Gasteiger partial charge in [-0.05, 0) is 61.9 Å². The van der Waals surface area contributed by atoms with E-state index in [1.165, 1.54) is 23.0 Å². The molecule has 0 radical (unpaired) electrons. The lowest BCUT2D eigenvalue weighted by atomic mass is 9.97. The first kappa shape index (κ1) is 22.2. The van der Waals surface area contributed by atoms with E-state index in [-0.39, 0.29) is 18.0 Å². The molecule has 5 rings (SSSR count). The summed E-state index contributed by atoms with van der Waals surface area (Å²) in [7, 11) is 1.54. The number of para-hydroxylation sites is 1. The second-order valence-electron chi connectivity index (χ2n) is 8.46. The molecule has 1 N–H and O–H groups in total. The molecule has 0 spiro atoms. The number of carbonyl (C=O) groups excluding carboxylic acids is 1. The average Bonchev–Trinajstić information content (AvgIpc) is 3.23. The van der Waals surface area contributed by atoms with Gasteiger partial charge in [-0.2, -0.15) is 0 Å². The fourth-order valence-corrected chi connectivity index (χ4v) is 5.90. The van der Waals surface area contributed by atoms with Gasteiger partial charge in [-0.1, -0.05) is 24.3 Å². The fourth-order valence-electron chi connectivity index (χ4n) is 4.53. The SMILES string of the molecule is COc1cccc(-n2c(=O)c3c4c(sc3n(CC(=O)Nc3ccccc3C)c2=O)CCCC4)c1. The minimum atomic E-state index is -0.538. The van der Waals surface area contributed by atoms with Gasteiger partial charge >= 0.3 is 5.69 Å². The number of carbonyl (C=O) groups is 1. The third-order valence-corrected chi connectivity index (χ3v) is 7.58. The Hall–Kier alpha value is -3.65. The zero-order valence-corrected chi connectivity index (χ0v) is 19.9. The number of amides is 1. The van der Waals surface area contributed by atoms with Crippen molar-refractivity contribution in [3.8, 4) is 11.4 Å². The molecule has 174 valence electrons. The van der Waals surface area contributed by atoms with Crippen molar-refractivity contribution < 1.29 is 9.53 Å². The molecular weight excluding hydrogens is 450 g/mol. The van der Waals surface area contributed by atoms with Crippen LogP contribution < -0.4 is 21.3 Å². The minimum absolute atomic E-state index is 0.187. The molecule has 1 aliphatic rings. The molecule has 7 nitrogen and oxygen atoms in total. The third-order valence-electron chi connectivity index (χ3n) is 6.27. The molecule has 0 bridgehead atoms. The van der Waals surface area contributed by atoms with Gasteiger partial charge in [0.15, 0.2) is 0 Å². The van der Waals surface area contributed by atoms with Crippen LogP contribution in [-0.2, 0) is 24.2 Å². The van der Waals surface area contributed by atoms with Crippen LogP contribution in [0.25, 0.3) is 15.9 Å². The van der Waals surface area contributed by atoms with Crippen molar-refractivity contribution >= 4 is 33.1 Å². The van der Waals surface area contributed by atoms with Crippen molar-refractivity contribution in [2.75, 3.05) is 12.4 Å². The Morgan fingerprint density at radius 1 is 1.09 bits per heavy atom. The third kappa shape index (κ3) is 3.84. The fraction of sp³-hybridized carbons (Fsp3) is 0.269. The molecule has 4 aromatic rings. The molecule has 0 atom stereocenters. The number of methoxy groups -OCH3 is 1. The van der Waals surface area contributed by atoms with Crippen molar-refractivity contribution in [2.45, 2.75) is 39.2 Å². The van der Waals surface area contributed by atoms with E-state index in [4.69, 9.17) is 4.74 Å². The Balaban J connectivity index is 1.69. The van der Waals surface area contributed by atoms with Crippen LogP contribution in [0.3, 0.4) is 0 Å². The molecule has 1 amide bonds. The summed E-state index contributed by atoms with van der Waals surface area (Å²) in [6.07, 6.45) is 3.75. The maximum absolute atomic E-state index is 13.7. The van der Waals surface area contributed by atoms with Crippen molar-refractivity contribution in [3.63, 3.8) is 0 Å². The molecule has 0 unspecified atom stereocenters. The van der Waals surface area contributed by atoms with Crippen LogP contribution in [0.4, 0.5) is 5.69 Å². The van der Waals surface area contributed by atoms with E-state index in [1.54, 1.807) is 24.3 Å². The number of hydrogen-bond acceptors (Lipinski definition) is 5. The smallest absolute Gasteiger partial charge is 0.337 e. The molecule has 0 saturated carbocycles. The monoisotopic (exact) mass is 475 g/mol. The van der Waals surface area contributed by atoms with Gasteiger partial charge in [-0.3, -0.25) is 14.2 Å². The topological polar surface area (TPSA) is 82.3 Å². The molecule has 0 saturated heterocycles. The number of anilines is 1. The van der Waals surface area contributed by atoms with E-state index in [0.717, 1.165) is 46.3 Å². The normalized spacial score (nSPS) is 13.0. The predicted octanol–water partition coefficient (Wildman–Crippen LogP) is 4.05. The van der Waals surface area contributed by atoms with E-state index >= 15 is 0 Å². The van der Waals surface area contributed by atoms with Crippen LogP contribution in [0.15, 0.2) is 58.1 Å². The maximum atomic E-state index is 13.7. The summed E-state index contributed by atoms with van der Waals surface area (Å²) < 4.78 is 7.90. The van der Waals surface area contributed by atoms with Gasteiger partial charge < -0.3 is 10.1 Å². The van der Waals surface area contributed by atoms with Crippen molar-refractivity contribution in [1.29, 1.82) is 0 Å². The van der Waals surface area contributed by atoms with Crippen LogP contribution in [0.5, 0.6) is 5.75 Å². The number of nitrogens with one attached hydrogen (secondary N) is 1. The van der Waals surface area contributed by atoms with Crippen molar-refractivity contribution in [2.24, 2.45) is 0 Å². The van der Waals surface area contributed by atoms with E-state index < -0.39 is 5.69 Å². The summed E-state index contributed by atoms with van der Waals surface area (Å²) in [5.41, 5.74) is 2.18. The number of thiophene rings is 1. The van der Waals surface area contributed by atoms with E-state index in [9.17, 15) is 14.4 Å². The molecule has 0 fully saturated rings. The van der Waals surface area contributed by atoms with Crippen LogP contribution in [-0.4, -0.2) is 22.2 Å². The van der Waals surface area contributed by atoms with E-state index in [2.05, 4.69) is 5.32 Å². The van der Waals surface area contributed by atoms with E-state index in [0.29, 0.717) is 27.3 Å². The number of benzene rings is 2. The number of aromatic nitrogens is 2. The van der Waals surface area contributed by atoms with Crippen molar-refractivity contribution in [3.05, 3.63) is 85.4 Å². The van der Waals surface area contributed by atoms with Gasteiger partial charge in [0.25, 0.3) is 5.56 Å². The quantitative estimate of drug-likeness (QED) is 0.472. The van der Waals surface area contributed by atoms with Crippen LogP contribution in [0, 0.1) is 6.92 Å². The molecular formula is C26H25N3O4S. The molecule has 1 aliphatic carbocycles. The Labute approximate surface area is 200 Å². The zero-order valence-electron chi connectivity index (χ0n) is 19.1. The average molecular weight is 476 g/mol. The molecule has 0 aliphatic heterocycles. The number of nitrogens with zero attached hydrogens (tertiary/aromatic N) is 2. The largest absolute Gasteiger partial charge is 0.497 e.